The second-order valence-electron chi connectivity index (χ2n) is 8.48. The van der Waals surface area contributed by atoms with Gasteiger partial charge in [-0.15, -0.1) is 0 Å². The topological polar surface area (TPSA) is 12.5 Å². The number of benzene rings is 1. The van der Waals surface area contributed by atoms with Crippen molar-refractivity contribution in [3.05, 3.63) is 35.9 Å². The minimum Gasteiger partial charge on any atom is -0.377 e. The molecular weight excluding hydrogens is 282 g/mol. The molecule has 0 radical (unpaired) electrons. The van der Waals surface area contributed by atoms with Crippen LogP contribution in [-0.2, 0) is 11.3 Å². The quantitative estimate of drug-likeness (QED) is 0.703. The highest BCUT2D eigenvalue weighted by Gasteiger charge is 2.43. The van der Waals surface area contributed by atoms with Gasteiger partial charge in [0.2, 0.25) is 0 Å². The Bertz CT molecular complexity index is 470. The van der Waals surface area contributed by atoms with Crippen LogP contribution in [0.25, 0.3) is 0 Å². The summed E-state index contributed by atoms with van der Waals surface area (Å²) >= 11 is 0. The number of nitrogens with zero attached hydrogens (tertiary/aromatic N) is 1. The highest BCUT2D eigenvalue weighted by Crippen LogP contribution is 2.50. The summed E-state index contributed by atoms with van der Waals surface area (Å²) in [4.78, 5) is 2.66. The molecule has 0 aromatic heterocycles. The lowest BCUT2D eigenvalue weighted by molar-refractivity contribution is 0.0782. The molecule has 1 aliphatic carbocycles. The molecule has 23 heavy (non-hydrogen) atoms. The van der Waals surface area contributed by atoms with Crippen molar-refractivity contribution in [3.63, 3.8) is 0 Å². The number of rotatable bonds is 6. The predicted molar refractivity (Wildman–Crippen MR) is 96.4 cm³/mol. The summed E-state index contributed by atoms with van der Waals surface area (Å²) in [7, 11) is 0. The van der Waals surface area contributed by atoms with Gasteiger partial charge in [-0.1, -0.05) is 30.3 Å². The van der Waals surface area contributed by atoms with Gasteiger partial charge in [-0.3, -0.25) is 4.90 Å². The molecule has 1 saturated heterocycles. The third-order valence-corrected chi connectivity index (χ3v) is 5.82. The van der Waals surface area contributed by atoms with Crippen LogP contribution < -0.4 is 0 Å². The first-order valence-corrected chi connectivity index (χ1v) is 9.41. The van der Waals surface area contributed by atoms with Crippen molar-refractivity contribution in [2.45, 2.75) is 58.6 Å². The van der Waals surface area contributed by atoms with E-state index in [9.17, 15) is 0 Å². The van der Waals surface area contributed by atoms with Crippen LogP contribution in [0, 0.1) is 17.8 Å². The van der Waals surface area contributed by atoms with Gasteiger partial charge in [0.15, 0.2) is 0 Å². The smallest absolute Gasteiger partial charge is 0.0716 e. The van der Waals surface area contributed by atoms with Crippen LogP contribution in [0.2, 0.25) is 0 Å². The van der Waals surface area contributed by atoms with Crippen molar-refractivity contribution in [1.29, 1.82) is 0 Å². The van der Waals surface area contributed by atoms with Crippen LogP contribution in [0.1, 0.15) is 52.0 Å². The van der Waals surface area contributed by atoms with Crippen molar-refractivity contribution >= 4 is 0 Å². The highest BCUT2D eigenvalue weighted by molar-refractivity contribution is 5.13. The van der Waals surface area contributed by atoms with Gasteiger partial charge in [-0.05, 0) is 82.9 Å². The summed E-state index contributed by atoms with van der Waals surface area (Å²) in [6.07, 6.45) is 5.53. The van der Waals surface area contributed by atoms with Crippen molar-refractivity contribution in [3.8, 4) is 0 Å². The van der Waals surface area contributed by atoms with E-state index in [2.05, 4.69) is 56.0 Å². The first-order chi connectivity index (χ1) is 11.0. The molecule has 2 heteroatoms. The Hall–Kier alpha value is -0.860. The molecule has 0 spiro atoms. The number of hydrogen-bond donors (Lipinski definition) is 0. The Balaban J connectivity index is 1.30. The SMILES string of the molecule is CC(C)(C)N1CCC(C2CC2CCOCc2ccccc2)CC1. The van der Waals surface area contributed by atoms with Crippen LogP contribution in [0.5, 0.6) is 0 Å². The van der Waals surface area contributed by atoms with E-state index >= 15 is 0 Å². The molecular formula is C21H33NO. The monoisotopic (exact) mass is 315 g/mol. The number of ether oxygens (including phenoxy) is 1. The first kappa shape index (κ1) is 17.0. The minimum atomic E-state index is 0.346. The van der Waals surface area contributed by atoms with E-state index in [1.807, 2.05) is 0 Å². The Labute approximate surface area is 142 Å². The fourth-order valence-corrected chi connectivity index (χ4v) is 4.18. The maximum absolute atomic E-state index is 5.86. The second kappa shape index (κ2) is 7.36. The summed E-state index contributed by atoms with van der Waals surface area (Å²) in [6, 6.07) is 10.5. The van der Waals surface area contributed by atoms with Crippen molar-refractivity contribution in [1.82, 2.24) is 4.90 Å². The van der Waals surface area contributed by atoms with Gasteiger partial charge in [0.25, 0.3) is 0 Å². The standard InChI is InChI=1S/C21H33NO/c1-21(2,3)22-12-9-18(10-13-22)20-15-19(20)11-14-23-16-17-7-5-4-6-8-17/h4-8,18-20H,9-16H2,1-3H3. The molecule has 1 aromatic rings. The van der Waals surface area contributed by atoms with E-state index < -0.39 is 0 Å². The number of hydrogen-bond acceptors (Lipinski definition) is 2. The molecule has 1 aromatic carbocycles. The fraction of sp³-hybridized carbons (Fsp3) is 0.714. The van der Waals surface area contributed by atoms with Crippen LogP contribution in [0.4, 0.5) is 0 Å². The molecule has 2 fully saturated rings. The van der Waals surface area contributed by atoms with Crippen molar-refractivity contribution in [2.24, 2.45) is 17.8 Å². The maximum atomic E-state index is 5.86. The molecule has 0 bridgehead atoms. The molecule has 1 heterocycles. The van der Waals surface area contributed by atoms with Crippen molar-refractivity contribution < 1.29 is 4.74 Å². The lowest BCUT2D eigenvalue weighted by atomic mass is 9.88. The molecule has 2 nitrogen and oxygen atoms in total. The van der Waals surface area contributed by atoms with Gasteiger partial charge < -0.3 is 4.74 Å². The van der Waals surface area contributed by atoms with Gasteiger partial charge >= 0.3 is 0 Å². The third kappa shape index (κ3) is 4.81. The Morgan fingerprint density at radius 3 is 2.43 bits per heavy atom. The van der Waals surface area contributed by atoms with Gasteiger partial charge in [-0.2, -0.15) is 0 Å². The zero-order chi connectivity index (χ0) is 16.3. The summed E-state index contributed by atoms with van der Waals surface area (Å²) in [6.45, 7) is 11.3. The van der Waals surface area contributed by atoms with E-state index in [1.54, 1.807) is 0 Å². The second-order valence-corrected chi connectivity index (χ2v) is 8.48. The van der Waals surface area contributed by atoms with E-state index in [0.717, 1.165) is 31.0 Å². The average Bonchev–Trinajstić information content (AvgIpc) is 3.31. The average molecular weight is 316 g/mol. The fourth-order valence-electron chi connectivity index (χ4n) is 4.18. The highest BCUT2D eigenvalue weighted by atomic mass is 16.5. The summed E-state index contributed by atoms with van der Waals surface area (Å²) in [5, 5.41) is 0. The minimum absolute atomic E-state index is 0.346. The Morgan fingerprint density at radius 1 is 1.09 bits per heavy atom. The Morgan fingerprint density at radius 2 is 1.78 bits per heavy atom. The first-order valence-electron chi connectivity index (χ1n) is 9.41. The number of likely N-dealkylation sites (tertiary alicyclic amines) is 1. The van der Waals surface area contributed by atoms with E-state index in [1.165, 1.54) is 44.3 Å². The maximum Gasteiger partial charge on any atom is 0.0716 e. The largest absolute Gasteiger partial charge is 0.377 e. The molecule has 3 rings (SSSR count). The molecule has 0 amide bonds. The van der Waals surface area contributed by atoms with Crippen LogP contribution in [0.3, 0.4) is 0 Å². The van der Waals surface area contributed by atoms with Gasteiger partial charge in [0.05, 0.1) is 6.61 Å². The van der Waals surface area contributed by atoms with Gasteiger partial charge in [0, 0.05) is 12.1 Å². The van der Waals surface area contributed by atoms with E-state index in [0.29, 0.717) is 5.54 Å². The molecule has 1 saturated carbocycles. The van der Waals surface area contributed by atoms with Gasteiger partial charge in [0.1, 0.15) is 0 Å². The van der Waals surface area contributed by atoms with E-state index in [4.69, 9.17) is 4.74 Å². The van der Waals surface area contributed by atoms with Crippen LogP contribution >= 0.6 is 0 Å². The number of piperidine rings is 1. The molecule has 2 unspecified atom stereocenters. The lowest BCUT2D eigenvalue weighted by Crippen LogP contribution is -2.46. The van der Waals surface area contributed by atoms with Gasteiger partial charge in [-0.25, -0.2) is 0 Å². The summed E-state index contributed by atoms with van der Waals surface area (Å²) in [5.41, 5.74) is 1.63. The molecule has 128 valence electrons. The summed E-state index contributed by atoms with van der Waals surface area (Å²) < 4.78 is 5.86. The lowest BCUT2D eigenvalue weighted by Gasteiger charge is -2.41. The van der Waals surface area contributed by atoms with Crippen LogP contribution in [0.15, 0.2) is 30.3 Å². The zero-order valence-electron chi connectivity index (χ0n) is 15.1. The Kier molecular flexibility index (Phi) is 5.43. The van der Waals surface area contributed by atoms with Crippen molar-refractivity contribution in [2.75, 3.05) is 19.7 Å². The normalized spacial score (nSPS) is 26.4. The molecule has 1 aliphatic heterocycles. The third-order valence-electron chi connectivity index (χ3n) is 5.82. The molecule has 2 atom stereocenters. The molecule has 0 N–H and O–H groups in total. The van der Waals surface area contributed by atoms with Crippen LogP contribution in [-0.4, -0.2) is 30.1 Å². The predicted octanol–water partition coefficient (Wildman–Crippen LogP) is 4.74. The molecule has 2 aliphatic rings. The zero-order valence-corrected chi connectivity index (χ0v) is 15.1. The van der Waals surface area contributed by atoms with E-state index in [-0.39, 0.29) is 0 Å². The summed E-state index contributed by atoms with van der Waals surface area (Å²) in [5.74, 6) is 2.92.